The van der Waals surface area contributed by atoms with Crippen molar-refractivity contribution in [1.82, 2.24) is 15.1 Å². The topological polar surface area (TPSA) is 88.3 Å². The van der Waals surface area contributed by atoms with E-state index in [0.717, 1.165) is 0 Å². The fraction of sp³-hybridized carbons (Fsp3) is 0.238. The van der Waals surface area contributed by atoms with Crippen LogP contribution in [-0.2, 0) is 4.79 Å². The summed E-state index contributed by atoms with van der Waals surface area (Å²) in [5, 5.41) is 11.0. The van der Waals surface area contributed by atoms with Gasteiger partial charge in [-0.25, -0.2) is 4.39 Å². The Bertz CT molecular complexity index is 1040. The van der Waals surface area contributed by atoms with Crippen molar-refractivity contribution in [1.29, 1.82) is 0 Å². The third kappa shape index (κ3) is 4.49. The monoisotopic (exact) mass is 428 g/mol. The molecule has 2 aromatic carbocycles. The van der Waals surface area contributed by atoms with Crippen LogP contribution < -0.4 is 5.32 Å². The predicted octanol–water partition coefficient (Wildman–Crippen LogP) is 4.02. The second-order valence-electron chi connectivity index (χ2n) is 6.98. The van der Waals surface area contributed by atoms with Crippen molar-refractivity contribution in [3.05, 3.63) is 64.9 Å². The molecule has 0 bridgehead atoms. The first-order valence-corrected chi connectivity index (χ1v) is 9.82. The van der Waals surface area contributed by atoms with Gasteiger partial charge in [0, 0.05) is 35.2 Å². The summed E-state index contributed by atoms with van der Waals surface area (Å²) in [5.74, 6) is -0.773. The van der Waals surface area contributed by atoms with Crippen molar-refractivity contribution in [3.8, 4) is 11.5 Å². The number of hydrogen-bond acceptors (Lipinski definition) is 5. The Labute approximate surface area is 176 Å². The highest BCUT2D eigenvalue weighted by atomic mass is 35.5. The number of nitrogens with zero attached hydrogens (tertiary/aromatic N) is 3. The summed E-state index contributed by atoms with van der Waals surface area (Å²) >= 11 is 5.87. The zero-order valence-electron chi connectivity index (χ0n) is 15.8. The van der Waals surface area contributed by atoms with E-state index in [0.29, 0.717) is 42.1 Å². The van der Waals surface area contributed by atoms with Crippen LogP contribution in [0.15, 0.2) is 52.9 Å². The lowest BCUT2D eigenvalue weighted by Crippen LogP contribution is -2.41. The van der Waals surface area contributed by atoms with Crippen LogP contribution in [0, 0.1) is 11.7 Å². The average molecular weight is 429 g/mol. The van der Waals surface area contributed by atoms with Crippen LogP contribution in [0.3, 0.4) is 0 Å². The van der Waals surface area contributed by atoms with Crippen LogP contribution >= 0.6 is 11.6 Å². The number of halogens is 2. The number of amides is 2. The molecule has 2 heterocycles. The number of anilines is 1. The summed E-state index contributed by atoms with van der Waals surface area (Å²) in [6, 6.07) is 12.4. The van der Waals surface area contributed by atoms with E-state index < -0.39 is 0 Å². The average Bonchev–Trinajstić information content (AvgIpc) is 3.23. The van der Waals surface area contributed by atoms with Gasteiger partial charge in [-0.3, -0.25) is 14.9 Å². The van der Waals surface area contributed by atoms with Gasteiger partial charge in [0.15, 0.2) is 0 Å². The highest BCUT2D eigenvalue weighted by molar-refractivity contribution is 6.30. The molecule has 0 aliphatic carbocycles. The first kappa shape index (κ1) is 20.0. The van der Waals surface area contributed by atoms with Gasteiger partial charge >= 0.3 is 6.01 Å². The van der Waals surface area contributed by atoms with Crippen LogP contribution in [-0.4, -0.2) is 40.0 Å². The van der Waals surface area contributed by atoms with Gasteiger partial charge in [0.2, 0.25) is 11.8 Å². The van der Waals surface area contributed by atoms with Gasteiger partial charge in [-0.2, -0.15) is 0 Å². The van der Waals surface area contributed by atoms with E-state index in [1.807, 2.05) is 0 Å². The largest absolute Gasteiger partial charge is 0.403 e. The minimum absolute atomic E-state index is 0.0229. The van der Waals surface area contributed by atoms with Crippen molar-refractivity contribution in [3.63, 3.8) is 0 Å². The van der Waals surface area contributed by atoms with Gasteiger partial charge in [-0.05, 0) is 61.4 Å². The quantitative estimate of drug-likeness (QED) is 0.678. The number of likely N-dealkylation sites (tertiary alicyclic amines) is 1. The molecule has 0 unspecified atom stereocenters. The molecule has 4 rings (SSSR count). The number of nitrogens with one attached hydrogen (secondary N) is 1. The number of aromatic nitrogens is 2. The Kier molecular flexibility index (Phi) is 5.76. The molecule has 0 atom stereocenters. The highest BCUT2D eigenvalue weighted by Crippen LogP contribution is 2.24. The molecule has 3 aromatic rings. The molecule has 1 fully saturated rings. The fourth-order valence-electron chi connectivity index (χ4n) is 3.31. The molecule has 7 nitrogen and oxygen atoms in total. The maximum absolute atomic E-state index is 13.0. The van der Waals surface area contributed by atoms with Crippen molar-refractivity contribution < 1.29 is 18.4 Å². The minimum Gasteiger partial charge on any atom is -0.403 e. The molecule has 0 saturated carbocycles. The maximum Gasteiger partial charge on any atom is 0.322 e. The summed E-state index contributed by atoms with van der Waals surface area (Å²) in [7, 11) is 0. The SMILES string of the molecule is O=C(Nc1nnc(-c2ccc(Cl)cc2)o1)C1CCN(C(=O)c2ccc(F)cc2)CC1. The van der Waals surface area contributed by atoms with Gasteiger partial charge < -0.3 is 9.32 Å². The number of piperidine rings is 1. The van der Waals surface area contributed by atoms with Crippen molar-refractivity contribution in [2.24, 2.45) is 5.92 Å². The van der Waals surface area contributed by atoms with E-state index in [9.17, 15) is 14.0 Å². The number of carbonyl (C=O) groups excluding carboxylic acids is 2. The smallest absolute Gasteiger partial charge is 0.322 e. The summed E-state index contributed by atoms with van der Waals surface area (Å²) in [6.45, 7) is 0.877. The number of rotatable bonds is 4. The molecule has 1 aromatic heterocycles. The number of hydrogen-bond donors (Lipinski definition) is 1. The molecule has 2 amide bonds. The lowest BCUT2D eigenvalue weighted by atomic mass is 9.95. The van der Waals surface area contributed by atoms with Gasteiger partial charge in [-0.1, -0.05) is 16.7 Å². The summed E-state index contributed by atoms with van der Waals surface area (Å²) in [6.07, 6.45) is 1.02. The van der Waals surface area contributed by atoms with Crippen LogP contribution in [0.1, 0.15) is 23.2 Å². The van der Waals surface area contributed by atoms with Crippen LogP contribution in [0.2, 0.25) is 5.02 Å². The van der Waals surface area contributed by atoms with E-state index in [2.05, 4.69) is 15.5 Å². The first-order valence-electron chi connectivity index (χ1n) is 9.45. The molecule has 1 N–H and O–H groups in total. The molecule has 9 heteroatoms. The Balaban J connectivity index is 1.32. The van der Waals surface area contributed by atoms with Gasteiger partial charge in [0.1, 0.15) is 5.82 Å². The fourth-order valence-corrected chi connectivity index (χ4v) is 3.44. The second-order valence-corrected chi connectivity index (χ2v) is 7.42. The summed E-state index contributed by atoms with van der Waals surface area (Å²) in [5.41, 5.74) is 1.12. The summed E-state index contributed by atoms with van der Waals surface area (Å²) in [4.78, 5) is 26.7. The number of carbonyl (C=O) groups is 2. The molecule has 1 aliphatic rings. The Morgan fingerprint density at radius 3 is 2.37 bits per heavy atom. The molecule has 0 radical (unpaired) electrons. The van der Waals surface area contributed by atoms with Crippen LogP contribution in [0.25, 0.3) is 11.5 Å². The predicted molar refractivity (Wildman–Crippen MR) is 108 cm³/mol. The van der Waals surface area contributed by atoms with Gasteiger partial charge in [0.25, 0.3) is 5.91 Å². The van der Waals surface area contributed by atoms with Crippen molar-refractivity contribution in [2.75, 3.05) is 18.4 Å². The molecule has 154 valence electrons. The zero-order valence-corrected chi connectivity index (χ0v) is 16.6. The van der Waals surface area contributed by atoms with E-state index in [1.54, 1.807) is 29.2 Å². The van der Waals surface area contributed by atoms with Crippen molar-refractivity contribution >= 4 is 29.4 Å². The minimum atomic E-state index is -0.387. The zero-order chi connectivity index (χ0) is 21.1. The molecule has 1 saturated heterocycles. The molecular weight excluding hydrogens is 411 g/mol. The van der Waals surface area contributed by atoms with Gasteiger partial charge in [0.05, 0.1) is 0 Å². The summed E-state index contributed by atoms with van der Waals surface area (Å²) < 4.78 is 18.5. The Morgan fingerprint density at radius 1 is 1.03 bits per heavy atom. The lowest BCUT2D eigenvalue weighted by Gasteiger charge is -2.31. The normalized spacial score (nSPS) is 14.5. The number of benzene rings is 2. The molecular formula is C21H18ClFN4O3. The molecule has 30 heavy (non-hydrogen) atoms. The van der Waals surface area contributed by atoms with E-state index in [1.165, 1.54) is 24.3 Å². The van der Waals surface area contributed by atoms with Crippen LogP contribution in [0.5, 0.6) is 0 Å². The first-order chi connectivity index (χ1) is 14.5. The van der Waals surface area contributed by atoms with Crippen molar-refractivity contribution in [2.45, 2.75) is 12.8 Å². The third-order valence-electron chi connectivity index (χ3n) is 4.99. The lowest BCUT2D eigenvalue weighted by molar-refractivity contribution is -0.121. The van der Waals surface area contributed by atoms with E-state index >= 15 is 0 Å². The highest BCUT2D eigenvalue weighted by Gasteiger charge is 2.28. The third-order valence-corrected chi connectivity index (χ3v) is 5.24. The standard InChI is InChI=1S/C21H18ClFN4O3/c22-16-5-1-14(2-6-16)19-25-26-21(30-19)24-18(28)13-9-11-27(12-10-13)20(29)15-3-7-17(23)8-4-15/h1-8,13H,9-12H2,(H,24,26,28). The van der Waals surface area contributed by atoms with E-state index in [4.69, 9.17) is 16.0 Å². The van der Waals surface area contributed by atoms with Gasteiger partial charge in [-0.15, -0.1) is 5.10 Å². The Morgan fingerprint density at radius 2 is 1.70 bits per heavy atom. The van der Waals surface area contributed by atoms with Crippen LogP contribution in [0.4, 0.5) is 10.4 Å². The van der Waals surface area contributed by atoms with E-state index in [-0.39, 0.29) is 35.5 Å². The molecule has 1 aliphatic heterocycles. The Hall–Kier alpha value is -3.26. The second kappa shape index (κ2) is 8.62. The maximum atomic E-state index is 13.0. The molecule has 0 spiro atoms.